The topological polar surface area (TPSA) is 81.6 Å². The number of benzene rings is 2. The summed E-state index contributed by atoms with van der Waals surface area (Å²) in [6.45, 7) is 2.07. The Morgan fingerprint density at radius 2 is 1.93 bits per heavy atom. The SMILES string of the molecule is Cl.NCCOc1cccc(CC(=O)N2CCc3oc(Cc4ccccc4)nc3C2)c1. The molecule has 0 fully saturated rings. The van der Waals surface area contributed by atoms with Gasteiger partial charge < -0.3 is 19.8 Å². The average Bonchev–Trinajstić information content (AvgIpc) is 3.14. The lowest BCUT2D eigenvalue weighted by Gasteiger charge is -2.25. The molecular weight excluding hydrogens is 402 g/mol. The van der Waals surface area contributed by atoms with Crippen molar-refractivity contribution in [2.24, 2.45) is 5.73 Å². The molecule has 1 aromatic heterocycles. The van der Waals surface area contributed by atoms with Gasteiger partial charge in [-0.05, 0) is 23.3 Å². The highest BCUT2D eigenvalue weighted by Gasteiger charge is 2.25. The Bertz CT molecular complexity index is 975. The van der Waals surface area contributed by atoms with Gasteiger partial charge in [-0.25, -0.2) is 4.98 Å². The van der Waals surface area contributed by atoms with Crippen molar-refractivity contribution in [1.29, 1.82) is 0 Å². The molecule has 1 aliphatic rings. The van der Waals surface area contributed by atoms with Gasteiger partial charge in [0.15, 0.2) is 5.89 Å². The van der Waals surface area contributed by atoms with Crippen LogP contribution in [0.1, 0.15) is 28.5 Å². The van der Waals surface area contributed by atoms with Crippen molar-refractivity contribution in [3.8, 4) is 5.75 Å². The van der Waals surface area contributed by atoms with Gasteiger partial charge in [-0.1, -0.05) is 42.5 Å². The molecule has 2 heterocycles. The minimum atomic E-state index is 0. The van der Waals surface area contributed by atoms with Crippen LogP contribution in [0, 0.1) is 0 Å². The number of nitrogens with two attached hydrogens (primary N) is 1. The summed E-state index contributed by atoms with van der Waals surface area (Å²) in [7, 11) is 0. The molecule has 0 bridgehead atoms. The van der Waals surface area contributed by atoms with Gasteiger partial charge in [0, 0.05) is 25.9 Å². The number of hydrogen-bond acceptors (Lipinski definition) is 5. The van der Waals surface area contributed by atoms with Crippen LogP contribution < -0.4 is 10.5 Å². The molecule has 158 valence electrons. The maximum Gasteiger partial charge on any atom is 0.227 e. The van der Waals surface area contributed by atoms with Gasteiger partial charge in [0.25, 0.3) is 0 Å². The molecule has 0 spiro atoms. The van der Waals surface area contributed by atoms with E-state index in [0.717, 1.165) is 28.3 Å². The first kappa shape index (κ1) is 21.9. The summed E-state index contributed by atoms with van der Waals surface area (Å²) < 4.78 is 11.5. The van der Waals surface area contributed by atoms with Gasteiger partial charge in [0.2, 0.25) is 5.91 Å². The van der Waals surface area contributed by atoms with Gasteiger partial charge in [-0.2, -0.15) is 0 Å². The first-order chi connectivity index (χ1) is 14.2. The summed E-state index contributed by atoms with van der Waals surface area (Å²) in [5.41, 5.74) is 8.44. The van der Waals surface area contributed by atoms with Crippen LogP contribution in [0.3, 0.4) is 0 Å². The molecule has 6 nitrogen and oxygen atoms in total. The Labute approximate surface area is 182 Å². The molecule has 3 aromatic rings. The second kappa shape index (κ2) is 10.3. The number of amides is 1. The molecule has 1 aliphatic heterocycles. The zero-order valence-electron chi connectivity index (χ0n) is 16.8. The number of carbonyl (C=O) groups excluding carboxylic acids is 1. The van der Waals surface area contributed by atoms with Crippen LogP contribution in [-0.4, -0.2) is 35.5 Å². The van der Waals surface area contributed by atoms with Crippen LogP contribution in [0.25, 0.3) is 0 Å². The Hall–Kier alpha value is -2.83. The van der Waals surface area contributed by atoms with E-state index < -0.39 is 0 Å². The summed E-state index contributed by atoms with van der Waals surface area (Å²) in [4.78, 5) is 19.3. The van der Waals surface area contributed by atoms with E-state index in [2.05, 4.69) is 17.1 Å². The number of halogens is 1. The van der Waals surface area contributed by atoms with E-state index in [1.165, 1.54) is 0 Å². The van der Waals surface area contributed by atoms with E-state index in [-0.39, 0.29) is 18.3 Å². The molecule has 1 amide bonds. The lowest BCUT2D eigenvalue weighted by molar-refractivity contribution is -0.131. The van der Waals surface area contributed by atoms with Crippen molar-refractivity contribution in [3.05, 3.63) is 83.1 Å². The zero-order chi connectivity index (χ0) is 20.1. The second-order valence-electron chi connectivity index (χ2n) is 7.17. The third-order valence-electron chi connectivity index (χ3n) is 4.96. The van der Waals surface area contributed by atoms with Crippen molar-refractivity contribution in [2.45, 2.75) is 25.8 Å². The van der Waals surface area contributed by atoms with Gasteiger partial charge in [0.1, 0.15) is 23.8 Å². The maximum absolute atomic E-state index is 12.8. The van der Waals surface area contributed by atoms with E-state index in [1.54, 1.807) is 0 Å². The van der Waals surface area contributed by atoms with Gasteiger partial charge in [-0.3, -0.25) is 4.79 Å². The van der Waals surface area contributed by atoms with Gasteiger partial charge >= 0.3 is 0 Å². The third kappa shape index (κ3) is 5.40. The fourth-order valence-corrected chi connectivity index (χ4v) is 3.52. The normalized spacial score (nSPS) is 12.8. The molecular formula is C23H26ClN3O3. The van der Waals surface area contributed by atoms with Crippen LogP contribution in [-0.2, 0) is 30.6 Å². The number of ether oxygens (including phenoxy) is 1. The average molecular weight is 428 g/mol. The van der Waals surface area contributed by atoms with Crippen LogP contribution in [0.15, 0.2) is 59.0 Å². The van der Waals surface area contributed by atoms with Crippen LogP contribution in [0.5, 0.6) is 5.75 Å². The lowest BCUT2D eigenvalue weighted by Crippen LogP contribution is -2.36. The molecule has 4 rings (SSSR count). The highest BCUT2D eigenvalue weighted by atomic mass is 35.5. The molecule has 0 aliphatic carbocycles. The number of rotatable bonds is 7. The molecule has 0 saturated heterocycles. The van der Waals surface area contributed by atoms with E-state index in [1.807, 2.05) is 47.4 Å². The minimum Gasteiger partial charge on any atom is -0.492 e. The molecule has 0 unspecified atom stereocenters. The third-order valence-corrected chi connectivity index (χ3v) is 4.96. The van der Waals surface area contributed by atoms with E-state index in [4.69, 9.17) is 14.9 Å². The molecule has 0 radical (unpaired) electrons. The lowest BCUT2D eigenvalue weighted by atomic mass is 10.1. The highest BCUT2D eigenvalue weighted by molar-refractivity contribution is 5.85. The fourth-order valence-electron chi connectivity index (χ4n) is 3.52. The summed E-state index contributed by atoms with van der Waals surface area (Å²) in [6.07, 6.45) is 1.70. The van der Waals surface area contributed by atoms with Gasteiger partial charge in [-0.15, -0.1) is 12.4 Å². The van der Waals surface area contributed by atoms with Gasteiger partial charge in [0.05, 0.1) is 13.0 Å². The predicted octanol–water partition coefficient (Wildman–Crippen LogP) is 3.15. The Kier molecular flexibility index (Phi) is 7.49. The number of hydrogen-bond donors (Lipinski definition) is 1. The predicted molar refractivity (Wildman–Crippen MR) is 117 cm³/mol. The van der Waals surface area contributed by atoms with Crippen LogP contribution in [0.2, 0.25) is 0 Å². The number of oxazole rings is 1. The Balaban J connectivity index is 0.00000256. The van der Waals surface area contributed by atoms with Crippen molar-refractivity contribution < 1.29 is 13.9 Å². The van der Waals surface area contributed by atoms with E-state index >= 15 is 0 Å². The molecule has 30 heavy (non-hydrogen) atoms. The first-order valence-electron chi connectivity index (χ1n) is 9.92. The summed E-state index contributed by atoms with van der Waals surface area (Å²) in [6, 6.07) is 17.7. The number of aromatic nitrogens is 1. The van der Waals surface area contributed by atoms with E-state index in [9.17, 15) is 4.79 Å². The summed E-state index contributed by atoms with van der Waals surface area (Å²) >= 11 is 0. The monoisotopic (exact) mass is 427 g/mol. The second-order valence-corrected chi connectivity index (χ2v) is 7.17. The minimum absolute atomic E-state index is 0. The maximum atomic E-state index is 12.8. The summed E-state index contributed by atoms with van der Waals surface area (Å²) in [5, 5.41) is 0. The highest BCUT2D eigenvalue weighted by Crippen LogP contribution is 2.22. The number of nitrogens with zero attached hydrogens (tertiary/aromatic N) is 2. The van der Waals surface area contributed by atoms with Crippen LogP contribution >= 0.6 is 12.4 Å². The fraction of sp³-hybridized carbons (Fsp3) is 0.304. The van der Waals surface area contributed by atoms with Crippen LogP contribution in [0.4, 0.5) is 0 Å². The molecule has 0 atom stereocenters. The number of fused-ring (bicyclic) bond motifs is 1. The molecule has 2 N–H and O–H groups in total. The smallest absolute Gasteiger partial charge is 0.227 e. The van der Waals surface area contributed by atoms with E-state index in [0.29, 0.717) is 51.4 Å². The standard InChI is InChI=1S/C23H25N3O3.ClH/c24-10-12-28-19-8-4-7-18(13-19)15-23(27)26-11-9-21-20(16-26)25-22(29-21)14-17-5-2-1-3-6-17;/h1-8,13H,9-12,14-16,24H2;1H. The summed E-state index contributed by atoms with van der Waals surface area (Å²) in [5.74, 6) is 2.43. The number of carbonyl (C=O) groups is 1. The van der Waals surface area contributed by atoms with Crippen molar-refractivity contribution in [2.75, 3.05) is 19.7 Å². The molecule has 0 saturated carbocycles. The largest absolute Gasteiger partial charge is 0.492 e. The Morgan fingerprint density at radius 1 is 1.13 bits per heavy atom. The van der Waals surface area contributed by atoms with Crippen molar-refractivity contribution >= 4 is 18.3 Å². The quantitative estimate of drug-likeness (QED) is 0.626. The first-order valence-corrected chi connectivity index (χ1v) is 9.92. The molecule has 7 heteroatoms. The van der Waals surface area contributed by atoms with Crippen molar-refractivity contribution in [1.82, 2.24) is 9.88 Å². The Morgan fingerprint density at radius 3 is 2.73 bits per heavy atom. The molecule has 2 aromatic carbocycles. The zero-order valence-corrected chi connectivity index (χ0v) is 17.6. The van der Waals surface area contributed by atoms with Crippen molar-refractivity contribution in [3.63, 3.8) is 0 Å².